The summed E-state index contributed by atoms with van der Waals surface area (Å²) in [6.07, 6.45) is 1.36. The standard InChI is InChI=1S/C24H17BrClN3O5/c1-33-22-11-16(10-19(25)23(22)34-14-15-5-3-2-4-6-15)9-17(13-27)24(30)28-21-12-18(29(31)32)7-8-20(21)26/h2-12H,14H2,1H3,(H,28,30)/b17-9+. The highest BCUT2D eigenvalue weighted by Gasteiger charge is 2.17. The summed E-state index contributed by atoms with van der Waals surface area (Å²) in [4.78, 5) is 23.0. The topological polar surface area (TPSA) is 114 Å². The van der Waals surface area contributed by atoms with E-state index >= 15 is 0 Å². The van der Waals surface area contributed by atoms with Crippen molar-refractivity contribution in [2.24, 2.45) is 0 Å². The number of non-ortho nitro benzene ring substituents is 1. The van der Waals surface area contributed by atoms with E-state index in [2.05, 4.69) is 21.2 Å². The summed E-state index contributed by atoms with van der Waals surface area (Å²) >= 11 is 9.48. The van der Waals surface area contributed by atoms with Crippen LogP contribution in [0.25, 0.3) is 6.08 Å². The minimum Gasteiger partial charge on any atom is -0.493 e. The van der Waals surface area contributed by atoms with Crippen LogP contribution in [0.4, 0.5) is 11.4 Å². The van der Waals surface area contributed by atoms with Crippen LogP contribution >= 0.6 is 27.5 Å². The van der Waals surface area contributed by atoms with Crippen LogP contribution in [0, 0.1) is 21.4 Å². The Bertz CT molecular complexity index is 1310. The maximum atomic E-state index is 12.6. The van der Waals surface area contributed by atoms with Gasteiger partial charge in [-0.3, -0.25) is 14.9 Å². The summed E-state index contributed by atoms with van der Waals surface area (Å²) in [6, 6.07) is 18.4. The number of benzene rings is 3. The molecule has 0 saturated heterocycles. The predicted octanol–water partition coefficient (Wildman–Crippen LogP) is 6.14. The first-order chi connectivity index (χ1) is 16.3. The third-order valence-electron chi connectivity index (χ3n) is 4.56. The van der Waals surface area contributed by atoms with Gasteiger partial charge in [-0.15, -0.1) is 0 Å². The van der Waals surface area contributed by atoms with Gasteiger partial charge in [-0.2, -0.15) is 5.26 Å². The van der Waals surface area contributed by atoms with Gasteiger partial charge in [0, 0.05) is 12.1 Å². The maximum Gasteiger partial charge on any atom is 0.271 e. The molecule has 0 spiro atoms. The Labute approximate surface area is 208 Å². The molecule has 0 unspecified atom stereocenters. The van der Waals surface area contributed by atoms with Crippen LogP contribution in [-0.2, 0) is 11.4 Å². The molecule has 172 valence electrons. The second kappa shape index (κ2) is 11.3. The molecule has 0 aromatic heterocycles. The fraction of sp³-hybridized carbons (Fsp3) is 0.0833. The first-order valence-electron chi connectivity index (χ1n) is 9.73. The van der Waals surface area contributed by atoms with E-state index in [-0.39, 0.29) is 22.0 Å². The summed E-state index contributed by atoms with van der Waals surface area (Å²) in [5.74, 6) is 0.0928. The molecule has 0 aliphatic carbocycles. The van der Waals surface area contributed by atoms with Crippen LogP contribution < -0.4 is 14.8 Å². The van der Waals surface area contributed by atoms with Gasteiger partial charge < -0.3 is 14.8 Å². The lowest BCUT2D eigenvalue weighted by Gasteiger charge is -2.14. The van der Waals surface area contributed by atoms with Gasteiger partial charge in [0.25, 0.3) is 11.6 Å². The van der Waals surface area contributed by atoms with E-state index in [4.69, 9.17) is 21.1 Å². The van der Waals surface area contributed by atoms with E-state index in [1.807, 2.05) is 36.4 Å². The number of ether oxygens (including phenoxy) is 2. The van der Waals surface area contributed by atoms with E-state index in [0.29, 0.717) is 28.1 Å². The zero-order chi connectivity index (χ0) is 24.7. The first-order valence-corrected chi connectivity index (χ1v) is 10.9. The van der Waals surface area contributed by atoms with Gasteiger partial charge in [-0.05, 0) is 51.3 Å². The Balaban J connectivity index is 1.84. The second-order valence-electron chi connectivity index (χ2n) is 6.85. The number of hydrogen-bond acceptors (Lipinski definition) is 6. The van der Waals surface area contributed by atoms with Crippen LogP contribution in [0.15, 0.2) is 70.7 Å². The average Bonchev–Trinajstić information content (AvgIpc) is 2.83. The molecule has 0 radical (unpaired) electrons. The van der Waals surface area contributed by atoms with Crippen LogP contribution in [0.2, 0.25) is 5.02 Å². The van der Waals surface area contributed by atoms with E-state index in [9.17, 15) is 20.2 Å². The summed E-state index contributed by atoms with van der Waals surface area (Å²) in [5.41, 5.74) is 0.998. The van der Waals surface area contributed by atoms with E-state index in [1.54, 1.807) is 12.1 Å². The SMILES string of the molecule is COc1cc(/C=C(\C#N)C(=O)Nc2cc([N+](=O)[O-])ccc2Cl)cc(Br)c1OCc1ccccc1. The fourth-order valence-electron chi connectivity index (χ4n) is 2.92. The number of rotatable bonds is 8. The minimum absolute atomic E-state index is 0.0189. The molecule has 34 heavy (non-hydrogen) atoms. The Morgan fingerprint density at radius 3 is 2.62 bits per heavy atom. The number of nitriles is 1. The van der Waals surface area contributed by atoms with Gasteiger partial charge in [-0.25, -0.2) is 0 Å². The van der Waals surface area contributed by atoms with Gasteiger partial charge in [0.15, 0.2) is 11.5 Å². The van der Waals surface area contributed by atoms with Gasteiger partial charge in [0.1, 0.15) is 18.2 Å². The van der Waals surface area contributed by atoms with Crippen LogP contribution in [-0.4, -0.2) is 17.9 Å². The molecule has 10 heteroatoms. The third-order valence-corrected chi connectivity index (χ3v) is 5.48. The number of nitrogens with one attached hydrogen (secondary N) is 1. The molecule has 1 N–H and O–H groups in total. The summed E-state index contributed by atoms with van der Waals surface area (Å²) < 4.78 is 11.9. The monoisotopic (exact) mass is 541 g/mol. The normalized spacial score (nSPS) is 10.8. The number of amides is 1. The average molecular weight is 543 g/mol. The molecule has 0 saturated carbocycles. The molecule has 3 aromatic rings. The fourth-order valence-corrected chi connectivity index (χ4v) is 3.66. The number of nitrogens with zero attached hydrogens (tertiary/aromatic N) is 2. The molecule has 0 bridgehead atoms. The van der Waals surface area contributed by atoms with Gasteiger partial charge >= 0.3 is 0 Å². The Kier molecular flexibility index (Phi) is 8.24. The first kappa shape index (κ1) is 24.8. The minimum atomic E-state index is -0.774. The molecule has 0 heterocycles. The molecule has 0 fully saturated rings. The van der Waals surface area contributed by atoms with Crippen LogP contribution in [0.3, 0.4) is 0 Å². The van der Waals surface area contributed by atoms with Crippen molar-refractivity contribution < 1.29 is 19.2 Å². The highest BCUT2D eigenvalue weighted by atomic mass is 79.9. The van der Waals surface area contributed by atoms with Crippen LogP contribution in [0.1, 0.15) is 11.1 Å². The highest BCUT2D eigenvalue weighted by molar-refractivity contribution is 9.10. The molecule has 1 amide bonds. The summed E-state index contributed by atoms with van der Waals surface area (Å²) in [5, 5.41) is 23.0. The van der Waals surface area contributed by atoms with Crippen molar-refractivity contribution >= 4 is 50.9 Å². The molecule has 8 nitrogen and oxygen atoms in total. The van der Waals surface area contributed by atoms with Crippen molar-refractivity contribution in [1.29, 1.82) is 5.26 Å². The van der Waals surface area contributed by atoms with Crippen molar-refractivity contribution in [2.45, 2.75) is 6.61 Å². The van der Waals surface area contributed by atoms with Crippen molar-refractivity contribution in [3.8, 4) is 17.6 Å². The third kappa shape index (κ3) is 6.13. The Hall–Kier alpha value is -3.87. The molecule has 3 aromatic carbocycles. The van der Waals surface area contributed by atoms with Crippen LogP contribution in [0.5, 0.6) is 11.5 Å². The zero-order valence-corrected chi connectivity index (χ0v) is 20.1. The lowest BCUT2D eigenvalue weighted by molar-refractivity contribution is -0.384. The Morgan fingerprint density at radius 1 is 1.24 bits per heavy atom. The molecule has 3 rings (SSSR count). The number of anilines is 1. The number of carbonyl (C=O) groups is 1. The Morgan fingerprint density at radius 2 is 1.97 bits per heavy atom. The molecule has 0 atom stereocenters. The summed E-state index contributed by atoms with van der Waals surface area (Å²) in [6.45, 7) is 0.320. The molecular weight excluding hydrogens is 526 g/mol. The lowest BCUT2D eigenvalue weighted by Crippen LogP contribution is -2.14. The predicted molar refractivity (Wildman–Crippen MR) is 132 cm³/mol. The summed E-state index contributed by atoms with van der Waals surface area (Å²) in [7, 11) is 1.48. The molecule has 0 aliphatic heterocycles. The second-order valence-corrected chi connectivity index (χ2v) is 8.12. The van der Waals surface area contributed by atoms with E-state index < -0.39 is 10.8 Å². The van der Waals surface area contributed by atoms with Gasteiger partial charge in [-0.1, -0.05) is 41.9 Å². The van der Waals surface area contributed by atoms with Crippen molar-refractivity contribution in [2.75, 3.05) is 12.4 Å². The van der Waals surface area contributed by atoms with Crippen molar-refractivity contribution in [3.05, 3.63) is 97.0 Å². The van der Waals surface area contributed by atoms with Crippen molar-refractivity contribution in [3.63, 3.8) is 0 Å². The number of nitro benzene ring substituents is 1. The smallest absolute Gasteiger partial charge is 0.271 e. The zero-order valence-electron chi connectivity index (χ0n) is 17.7. The number of halogens is 2. The highest BCUT2D eigenvalue weighted by Crippen LogP contribution is 2.38. The van der Waals surface area contributed by atoms with E-state index in [0.717, 1.165) is 11.6 Å². The molecular formula is C24H17BrClN3O5. The number of methoxy groups -OCH3 is 1. The van der Waals surface area contributed by atoms with E-state index in [1.165, 1.54) is 25.3 Å². The van der Waals surface area contributed by atoms with Gasteiger partial charge in [0.05, 0.1) is 27.2 Å². The molecule has 0 aliphatic rings. The quantitative estimate of drug-likeness (QED) is 0.158. The van der Waals surface area contributed by atoms with Crippen molar-refractivity contribution in [1.82, 2.24) is 0 Å². The lowest BCUT2D eigenvalue weighted by atomic mass is 10.1. The largest absolute Gasteiger partial charge is 0.493 e. The van der Waals surface area contributed by atoms with Gasteiger partial charge in [0.2, 0.25) is 0 Å². The number of hydrogen-bond donors (Lipinski definition) is 1. The maximum absolute atomic E-state index is 12.6. The number of carbonyl (C=O) groups excluding carboxylic acids is 1. The number of nitro groups is 1.